The number of ketones is 1. The third kappa shape index (κ3) is 4.84. The van der Waals surface area contributed by atoms with Crippen molar-refractivity contribution >= 4 is 5.78 Å². The van der Waals surface area contributed by atoms with Crippen LogP contribution in [0.25, 0.3) is 0 Å². The van der Waals surface area contributed by atoms with Crippen LogP contribution in [0.15, 0.2) is 36.4 Å². The summed E-state index contributed by atoms with van der Waals surface area (Å²) >= 11 is 0. The van der Waals surface area contributed by atoms with Crippen LogP contribution in [-0.2, 0) is 12.6 Å². The molecule has 0 unspecified atom stereocenters. The van der Waals surface area contributed by atoms with Crippen LogP contribution in [0.1, 0.15) is 46.8 Å². The molecule has 0 aliphatic carbocycles. The number of hydrogen-bond donors (Lipinski definition) is 0. The smallest absolute Gasteiger partial charge is 0.420 e. The van der Waals surface area contributed by atoms with Gasteiger partial charge in [-0.15, -0.1) is 0 Å². The van der Waals surface area contributed by atoms with E-state index < -0.39 is 34.7 Å². The van der Waals surface area contributed by atoms with Gasteiger partial charge in [-0.1, -0.05) is 29.8 Å². The van der Waals surface area contributed by atoms with Gasteiger partial charge in [-0.3, -0.25) is 4.79 Å². The molecule has 0 saturated heterocycles. The Kier molecular flexibility index (Phi) is 6.40. The zero-order valence-electron chi connectivity index (χ0n) is 14.6. The minimum absolute atomic E-state index is 0.0259. The lowest BCUT2D eigenvalue weighted by molar-refractivity contribution is -0.140. The molecule has 26 heavy (non-hydrogen) atoms. The van der Waals surface area contributed by atoms with Gasteiger partial charge in [0.1, 0.15) is 5.56 Å². The number of hydrogen-bond acceptors (Lipinski definition) is 2. The molecule has 2 aromatic rings. The third-order valence-corrected chi connectivity index (χ3v) is 3.98. The average molecular weight is 368 g/mol. The van der Waals surface area contributed by atoms with E-state index in [9.17, 15) is 22.4 Å². The summed E-state index contributed by atoms with van der Waals surface area (Å²) in [6, 6.07) is 9.75. The quantitative estimate of drug-likeness (QED) is 0.459. The van der Waals surface area contributed by atoms with Crippen molar-refractivity contribution in [2.75, 3.05) is 6.61 Å². The van der Waals surface area contributed by atoms with Crippen LogP contribution in [0.4, 0.5) is 17.6 Å². The molecule has 2 nitrogen and oxygen atoms in total. The Morgan fingerprint density at radius 1 is 1.08 bits per heavy atom. The van der Waals surface area contributed by atoms with Crippen LogP contribution in [0.3, 0.4) is 0 Å². The Hall–Kier alpha value is -2.37. The molecule has 2 aromatic carbocycles. The first-order valence-corrected chi connectivity index (χ1v) is 8.35. The van der Waals surface area contributed by atoms with E-state index in [2.05, 4.69) is 0 Å². The minimum Gasteiger partial charge on any atom is -0.491 e. The topological polar surface area (TPSA) is 26.3 Å². The van der Waals surface area contributed by atoms with Gasteiger partial charge in [0, 0.05) is 12.0 Å². The number of rotatable bonds is 7. The lowest BCUT2D eigenvalue weighted by atomic mass is 9.97. The molecule has 0 spiro atoms. The largest absolute Gasteiger partial charge is 0.491 e. The summed E-state index contributed by atoms with van der Waals surface area (Å²) in [5.41, 5.74) is -0.104. The standard InChI is InChI=1S/C20H20F4O2/c1-3-26-17-12-11-15(18(19(17)21)20(22,23)24)16(25)6-4-5-14-9-7-13(2)8-10-14/h7-12H,3-6H2,1-2H3. The molecule has 0 aromatic heterocycles. The maximum absolute atomic E-state index is 14.2. The van der Waals surface area contributed by atoms with E-state index in [4.69, 9.17) is 4.74 Å². The second-order valence-electron chi connectivity index (χ2n) is 5.99. The van der Waals surface area contributed by atoms with Crippen LogP contribution >= 0.6 is 0 Å². The molecular weight excluding hydrogens is 348 g/mol. The van der Waals surface area contributed by atoms with Gasteiger partial charge in [-0.2, -0.15) is 13.2 Å². The molecule has 0 aliphatic heterocycles. The molecule has 6 heteroatoms. The van der Waals surface area contributed by atoms with Crippen LogP contribution in [0.2, 0.25) is 0 Å². The number of alkyl halides is 3. The van der Waals surface area contributed by atoms with Gasteiger partial charge >= 0.3 is 6.18 Å². The summed E-state index contributed by atoms with van der Waals surface area (Å²) in [5.74, 6) is -2.77. The summed E-state index contributed by atoms with van der Waals surface area (Å²) in [4.78, 5) is 12.3. The normalized spacial score (nSPS) is 11.5. The molecular formula is C20H20F4O2. The van der Waals surface area contributed by atoms with Crippen molar-refractivity contribution in [2.45, 2.75) is 39.3 Å². The number of aryl methyl sites for hydroxylation is 2. The molecule has 0 bridgehead atoms. The first-order valence-electron chi connectivity index (χ1n) is 8.35. The van der Waals surface area contributed by atoms with Gasteiger partial charge in [-0.25, -0.2) is 4.39 Å². The minimum atomic E-state index is -4.97. The van der Waals surface area contributed by atoms with Crippen molar-refractivity contribution in [3.63, 3.8) is 0 Å². The van der Waals surface area contributed by atoms with E-state index >= 15 is 0 Å². The zero-order chi connectivity index (χ0) is 19.3. The van der Waals surface area contributed by atoms with E-state index in [0.29, 0.717) is 12.8 Å². The Bertz CT molecular complexity index is 765. The SMILES string of the molecule is CCOc1ccc(C(=O)CCCc2ccc(C)cc2)c(C(F)(F)F)c1F. The molecule has 0 amide bonds. The van der Waals surface area contributed by atoms with Crippen LogP contribution in [-0.4, -0.2) is 12.4 Å². The van der Waals surface area contributed by atoms with Crippen molar-refractivity contribution in [1.82, 2.24) is 0 Å². The highest BCUT2D eigenvalue weighted by Crippen LogP contribution is 2.38. The van der Waals surface area contributed by atoms with Crippen molar-refractivity contribution in [3.8, 4) is 5.75 Å². The van der Waals surface area contributed by atoms with Crippen molar-refractivity contribution in [1.29, 1.82) is 0 Å². The second-order valence-corrected chi connectivity index (χ2v) is 5.99. The number of carbonyl (C=O) groups is 1. The Morgan fingerprint density at radius 2 is 1.73 bits per heavy atom. The fourth-order valence-corrected chi connectivity index (χ4v) is 2.68. The summed E-state index contributed by atoms with van der Waals surface area (Å²) in [6.45, 7) is 3.52. The predicted molar refractivity (Wildman–Crippen MR) is 91.0 cm³/mol. The highest BCUT2D eigenvalue weighted by molar-refractivity contribution is 5.98. The molecule has 0 heterocycles. The van der Waals surface area contributed by atoms with Crippen LogP contribution in [0, 0.1) is 12.7 Å². The van der Waals surface area contributed by atoms with Gasteiger partial charge in [0.2, 0.25) is 0 Å². The molecule has 0 aliphatic rings. The fraction of sp³-hybridized carbons (Fsp3) is 0.350. The van der Waals surface area contributed by atoms with Crippen molar-refractivity contribution < 1.29 is 27.1 Å². The third-order valence-electron chi connectivity index (χ3n) is 3.98. The molecule has 0 N–H and O–H groups in total. The summed E-state index contributed by atoms with van der Waals surface area (Å²) < 4.78 is 58.9. The van der Waals surface area contributed by atoms with E-state index in [0.717, 1.165) is 23.3 Å². The molecule has 0 fully saturated rings. The van der Waals surface area contributed by atoms with E-state index in [1.807, 2.05) is 31.2 Å². The molecule has 2 rings (SSSR count). The van der Waals surface area contributed by atoms with Crippen LogP contribution < -0.4 is 4.74 Å². The second kappa shape index (κ2) is 8.34. The fourth-order valence-electron chi connectivity index (χ4n) is 2.68. The van der Waals surface area contributed by atoms with Crippen LogP contribution in [0.5, 0.6) is 5.75 Å². The summed E-state index contributed by atoms with van der Waals surface area (Å²) in [5, 5.41) is 0. The van der Waals surface area contributed by atoms with Gasteiger partial charge in [0.15, 0.2) is 17.3 Å². The summed E-state index contributed by atoms with van der Waals surface area (Å²) in [7, 11) is 0. The number of Topliss-reactive ketones (excluding diaryl/α,β-unsaturated/α-hetero) is 1. The van der Waals surface area contributed by atoms with E-state index in [1.165, 1.54) is 6.92 Å². The summed E-state index contributed by atoms with van der Waals surface area (Å²) in [6.07, 6.45) is -4.12. The van der Waals surface area contributed by atoms with Crippen molar-refractivity contribution in [2.24, 2.45) is 0 Å². The van der Waals surface area contributed by atoms with Gasteiger partial charge in [0.05, 0.1) is 6.61 Å². The van der Waals surface area contributed by atoms with Gasteiger partial charge in [0.25, 0.3) is 0 Å². The number of benzene rings is 2. The van der Waals surface area contributed by atoms with Gasteiger partial charge < -0.3 is 4.74 Å². The molecule has 0 radical (unpaired) electrons. The lowest BCUT2D eigenvalue weighted by Gasteiger charge is -2.15. The zero-order valence-corrected chi connectivity index (χ0v) is 14.6. The molecule has 140 valence electrons. The first-order chi connectivity index (χ1) is 12.2. The predicted octanol–water partition coefficient (Wildman–Crippen LogP) is 5.76. The maximum Gasteiger partial charge on any atom is 0.420 e. The highest BCUT2D eigenvalue weighted by atomic mass is 19.4. The Balaban J connectivity index is 2.17. The highest BCUT2D eigenvalue weighted by Gasteiger charge is 2.39. The number of halogens is 4. The monoisotopic (exact) mass is 368 g/mol. The van der Waals surface area contributed by atoms with E-state index in [1.54, 1.807) is 0 Å². The number of ether oxygens (including phenoxy) is 1. The van der Waals surface area contributed by atoms with Crippen molar-refractivity contribution in [3.05, 3.63) is 64.5 Å². The lowest BCUT2D eigenvalue weighted by Crippen LogP contribution is -2.17. The Labute approximate surface area is 149 Å². The maximum atomic E-state index is 14.2. The average Bonchev–Trinajstić information content (AvgIpc) is 2.57. The van der Waals surface area contributed by atoms with E-state index in [-0.39, 0.29) is 13.0 Å². The van der Waals surface area contributed by atoms with Gasteiger partial charge in [-0.05, 0) is 44.4 Å². The molecule has 0 atom stereocenters. The first kappa shape index (κ1) is 19.9. The number of carbonyl (C=O) groups excluding carboxylic acids is 1. The Morgan fingerprint density at radius 3 is 2.31 bits per heavy atom. The molecule has 0 saturated carbocycles.